The largest absolute Gasteiger partial charge is 0.508 e. The van der Waals surface area contributed by atoms with E-state index >= 15 is 0 Å². The molecule has 1 aliphatic carbocycles. The quantitative estimate of drug-likeness (QED) is 0.358. The molecule has 2 aromatic heterocycles. The zero-order chi connectivity index (χ0) is 25.5. The Bertz CT molecular complexity index is 1150. The highest BCUT2D eigenvalue weighted by atomic mass is 35.5. The van der Waals surface area contributed by atoms with Crippen LogP contribution in [0, 0.1) is 0 Å². The van der Waals surface area contributed by atoms with Gasteiger partial charge in [-0.2, -0.15) is 5.10 Å². The van der Waals surface area contributed by atoms with Crippen LogP contribution in [0.25, 0.3) is 0 Å². The molecule has 37 heavy (non-hydrogen) atoms. The summed E-state index contributed by atoms with van der Waals surface area (Å²) in [6, 6.07) is 9.45. The van der Waals surface area contributed by atoms with Crippen molar-refractivity contribution in [1.29, 1.82) is 0 Å². The number of hydrogen-bond acceptors (Lipinski definition) is 6. The summed E-state index contributed by atoms with van der Waals surface area (Å²) in [5.74, 6) is 0.278. The predicted octanol–water partition coefficient (Wildman–Crippen LogP) is 4.85. The number of hydrogen-bond donors (Lipinski definition) is 1. The van der Waals surface area contributed by atoms with Gasteiger partial charge in [0.05, 0.1) is 56.9 Å². The SMILES string of the molecule is COCCOCCn1cc(CN(C(=O)C2CCCc3c(O)cccc32)c2ccc(C(C)C)nc2)cn1.Cl. The fourth-order valence-electron chi connectivity index (χ4n) is 4.66. The number of fused-ring (bicyclic) bond motifs is 1. The molecule has 0 saturated carbocycles. The van der Waals surface area contributed by atoms with Crippen LogP contribution in [0.2, 0.25) is 0 Å². The average Bonchev–Trinajstić information content (AvgIpc) is 3.34. The topological polar surface area (TPSA) is 89.7 Å². The number of methoxy groups -OCH3 is 1. The lowest BCUT2D eigenvalue weighted by Gasteiger charge is -2.31. The molecular weight excluding hydrogens is 492 g/mol. The number of amides is 1. The molecule has 0 saturated heterocycles. The van der Waals surface area contributed by atoms with Gasteiger partial charge in [-0.3, -0.25) is 14.5 Å². The molecule has 0 spiro atoms. The fourth-order valence-corrected chi connectivity index (χ4v) is 4.66. The molecule has 1 aromatic carbocycles. The molecule has 1 unspecified atom stereocenters. The van der Waals surface area contributed by atoms with Crippen molar-refractivity contribution in [1.82, 2.24) is 14.8 Å². The van der Waals surface area contributed by atoms with Crippen LogP contribution in [0.4, 0.5) is 5.69 Å². The second-order valence-corrected chi connectivity index (χ2v) is 9.53. The molecule has 2 heterocycles. The smallest absolute Gasteiger partial charge is 0.234 e. The molecule has 1 N–H and O–H groups in total. The maximum Gasteiger partial charge on any atom is 0.234 e. The number of carbonyl (C=O) groups is 1. The van der Waals surface area contributed by atoms with Crippen LogP contribution in [0.3, 0.4) is 0 Å². The van der Waals surface area contributed by atoms with E-state index < -0.39 is 0 Å². The first kappa shape index (κ1) is 28.6. The van der Waals surface area contributed by atoms with Gasteiger partial charge in [-0.15, -0.1) is 12.4 Å². The molecule has 1 atom stereocenters. The first-order chi connectivity index (χ1) is 17.5. The molecule has 0 fully saturated rings. The number of pyridine rings is 1. The van der Waals surface area contributed by atoms with Crippen molar-refractivity contribution in [3.8, 4) is 5.75 Å². The van der Waals surface area contributed by atoms with Crippen molar-refractivity contribution in [2.75, 3.05) is 31.8 Å². The third-order valence-electron chi connectivity index (χ3n) is 6.64. The third-order valence-corrected chi connectivity index (χ3v) is 6.64. The van der Waals surface area contributed by atoms with Crippen LogP contribution in [0.5, 0.6) is 5.75 Å². The van der Waals surface area contributed by atoms with E-state index in [4.69, 9.17) is 9.47 Å². The molecule has 1 aliphatic rings. The lowest BCUT2D eigenvalue weighted by Crippen LogP contribution is -2.36. The van der Waals surface area contributed by atoms with Crippen molar-refractivity contribution in [3.63, 3.8) is 0 Å². The summed E-state index contributed by atoms with van der Waals surface area (Å²) < 4.78 is 12.4. The number of carbonyl (C=O) groups excluding carboxylic acids is 1. The van der Waals surface area contributed by atoms with E-state index in [0.717, 1.165) is 47.3 Å². The zero-order valence-corrected chi connectivity index (χ0v) is 22.6. The van der Waals surface area contributed by atoms with E-state index in [0.29, 0.717) is 38.8 Å². The van der Waals surface area contributed by atoms with E-state index in [1.807, 2.05) is 35.1 Å². The van der Waals surface area contributed by atoms with Gasteiger partial charge in [-0.25, -0.2) is 0 Å². The number of phenols is 1. The summed E-state index contributed by atoms with van der Waals surface area (Å²) in [6.07, 6.45) is 7.94. The highest BCUT2D eigenvalue weighted by molar-refractivity contribution is 5.98. The van der Waals surface area contributed by atoms with E-state index in [-0.39, 0.29) is 30.0 Å². The molecule has 4 rings (SSSR count). The fraction of sp³-hybridized carbons (Fsp3) is 0.464. The Balaban J connectivity index is 0.00000380. The van der Waals surface area contributed by atoms with Gasteiger partial charge in [0.25, 0.3) is 0 Å². The maximum absolute atomic E-state index is 14.0. The van der Waals surface area contributed by atoms with Gasteiger partial charge in [0.15, 0.2) is 0 Å². The Hall–Kier alpha value is -2.94. The van der Waals surface area contributed by atoms with Gasteiger partial charge in [-0.1, -0.05) is 26.0 Å². The van der Waals surface area contributed by atoms with Gasteiger partial charge in [0, 0.05) is 24.6 Å². The number of anilines is 1. The number of rotatable bonds is 11. The Morgan fingerprint density at radius 2 is 2.03 bits per heavy atom. The predicted molar refractivity (Wildman–Crippen MR) is 145 cm³/mol. The second kappa shape index (κ2) is 13.6. The van der Waals surface area contributed by atoms with Gasteiger partial charge in [0.1, 0.15) is 5.75 Å². The van der Waals surface area contributed by atoms with Crippen LogP contribution in [0.1, 0.15) is 60.9 Å². The maximum atomic E-state index is 14.0. The molecule has 200 valence electrons. The first-order valence-electron chi connectivity index (χ1n) is 12.6. The van der Waals surface area contributed by atoms with Gasteiger partial charge in [0.2, 0.25) is 5.91 Å². The number of phenolic OH excluding ortho intramolecular Hbond substituents is 1. The van der Waals surface area contributed by atoms with E-state index in [9.17, 15) is 9.90 Å². The van der Waals surface area contributed by atoms with E-state index in [1.165, 1.54) is 0 Å². The summed E-state index contributed by atoms with van der Waals surface area (Å²) in [7, 11) is 1.65. The average molecular weight is 529 g/mol. The standard InChI is InChI=1S/C28H36N4O4.ClH/c1-20(2)26-11-10-22(17-29-26)32(19-21-16-30-31(18-21)12-13-36-15-14-35-3)28(34)25-8-4-7-24-23(25)6-5-9-27(24)33;/h5-6,9-11,16-18,20,25,33H,4,7-8,12-15,19H2,1-3H3;1H. The van der Waals surface area contributed by atoms with Gasteiger partial charge >= 0.3 is 0 Å². The number of nitrogens with zero attached hydrogens (tertiary/aromatic N) is 4. The van der Waals surface area contributed by atoms with Crippen LogP contribution < -0.4 is 4.90 Å². The van der Waals surface area contributed by atoms with Crippen molar-refractivity contribution in [2.24, 2.45) is 0 Å². The summed E-state index contributed by atoms with van der Waals surface area (Å²) in [6.45, 7) is 6.86. The molecule has 9 heteroatoms. The normalized spacial score (nSPS) is 14.8. The second-order valence-electron chi connectivity index (χ2n) is 9.53. The molecule has 3 aromatic rings. The van der Waals surface area contributed by atoms with Crippen molar-refractivity contribution in [2.45, 2.75) is 58.0 Å². The van der Waals surface area contributed by atoms with Crippen molar-refractivity contribution >= 4 is 24.0 Å². The minimum absolute atomic E-state index is 0. The molecule has 1 amide bonds. The first-order valence-corrected chi connectivity index (χ1v) is 12.6. The number of ether oxygens (including phenoxy) is 2. The molecule has 0 bridgehead atoms. The monoisotopic (exact) mass is 528 g/mol. The number of halogens is 1. The van der Waals surface area contributed by atoms with Gasteiger partial charge in [-0.05, 0) is 54.5 Å². The Kier molecular flexibility index (Phi) is 10.5. The Morgan fingerprint density at radius 1 is 1.19 bits per heavy atom. The van der Waals surface area contributed by atoms with Crippen LogP contribution in [-0.4, -0.2) is 52.7 Å². The van der Waals surface area contributed by atoms with Crippen molar-refractivity contribution < 1.29 is 19.4 Å². The summed E-state index contributed by atoms with van der Waals surface area (Å²) in [5, 5.41) is 14.8. The minimum atomic E-state index is -0.310. The number of aromatic nitrogens is 3. The molecule has 0 radical (unpaired) electrons. The van der Waals surface area contributed by atoms with E-state index in [2.05, 4.69) is 23.9 Å². The highest BCUT2D eigenvalue weighted by Gasteiger charge is 2.32. The molecular formula is C28H37ClN4O4. The Labute approximate surface area is 225 Å². The van der Waals surface area contributed by atoms with Crippen LogP contribution in [-0.2, 0) is 33.8 Å². The third kappa shape index (κ3) is 7.09. The highest BCUT2D eigenvalue weighted by Crippen LogP contribution is 2.38. The summed E-state index contributed by atoms with van der Waals surface area (Å²) >= 11 is 0. The minimum Gasteiger partial charge on any atom is -0.508 e. The van der Waals surface area contributed by atoms with E-state index in [1.54, 1.807) is 30.5 Å². The Morgan fingerprint density at radius 3 is 2.76 bits per heavy atom. The summed E-state index contributed by atoms with van der Waals surface area (Å²) in [5.41, 5.74) is 4.48. The number of aromatic hydroxyl groups is 1. The number of benzene rings is 1. The lowest BCUT2D eigenvalue weighted by molar-refractivity contribution is -0.120. The van der Waals surface area contributed by atoms with Crippen molar-refractivity contribution in [3.05, 3.63) is 71.3 Å². The zero-order valence-electron chi connectivity index (χ0n) is 21.8. The molecule has 8 nitrogen and oxygen atoms in total. The lowest BCUT2D eigenvalue weighted by atomic mass is 9.81. The van der Waals surface area contributed by atoms with Gasteiger partial charge < -0.3 is 19.5 Å². The summed E-state index contributed by atoms with van der Waals surface area (Å²) in [4.78, 5) is 20.5. The molecule has 0 aliphatic heterocycles. The van der Waals surface area contributed by atoms with Crippen LogP contribution >= 0.6 is 12.4 Å². The van der Waals surface area contributed by atoms with Crippen LogP contribution in [0.15, 0.2) is 48.9 Å².